The molecule has 1 nitrogen and oxygen atoms in total. The monoisotopic (exact) mass is 184 g/mol. The zero-order valence-electron chi connectivity index (χ0n) is 2.90. The van der Waals surface area contributed by atoms with Crippen molar-refractivity contribution in [2.24, 2.45) is 5.73 Å². The van der Waals surface area contributed by atoms with Gasteiger partial charge in [0.1, 0.15) is 0 Å². The van der Waals surface area contributed by atoms with E-state index in [1.54, 1.807) is 0 Å². The van der Waals surface area contributed by atoms with Crippen LogP contribution in [0.2, 0.25) is 0 Å². The predicted octanol–water partition coefficient (Wildman–Crippen LogP) is 0.218. The average molecular weight is 185 g/mol. The number of nitrogens with two attached hydrogens (primary N) is 1. The molecular formula is C2H7AgNS. The van der Waals surface area contributed by atoms with E-state index in [-0.39, 0.29) is 27.8 Å². The number of hydrogen-bond acceptors (Lipinski definition) is 2. The molecule has 0 aromatic heterocycles. The van der Waals surface area contributed by atoms with E-state index in [0.29, 0.717) is 0 Å². The number of rotatable bonds is 0. The summed E-state index contributed by atoms with van der Waals surface area (Å²) in [5.41, 5.74) is 4.98. The SMILES string of the molecule is CC(N)S.[Ag]. The quantitative estimate of drug-likeness (QED) is 0.315. The minimum Gasteiger partial charge on any atom is -0.320 e. The van der Waals surface area contributed by atoms with Gasteiger partial charge in [0.2, 0.25) is 0 Å². The van der Waals surface area contributed by atoms with Crippen molar-refractivity contribution in [3.8, 4) is 0 Å². The molecule has 0 rings (SSSR count). The van der Waals surface area contributed by atoms with Gasteiger partial charge >= 0.3 is 0 Å². The van der Waals surface area contributed by atoms with Crippen LogP contribution >= 0.6 is 12.6 Å². The van der Waals surface area contributed by atoms with Crippen molar-refractivity contribution < 1.29 is 22.4 Å². The summed E-state index contributed by atoms with van der Waals surface area (Å²) in [5, 5.41) is 0.0278. The van der Waals surface area contributed by atoms with E-state index in [9.17, 15) is 0 Å². The molecule has 0 aromatic carbocycles. The van der Waals surface area contributed by atoms with E-state index in [4.69, 9.17) is 5.73 Å². The van der Waals surface area contributed by atoms with Crippen LogP contribution in [-0.4, -0.2) is 5.37 Å². The van der Waals surface area contributed by atoms with Crippen LogP contribution in [0.25, 0.3) is 0 Å². The summed E-state index contributed by atoms with van der Waals surface area (Å²) in [6, 6.07) is 0. The van der Waals surface area contributed by atoms with Crippen molar-refractivity contribution in [3.63, 3.8) is 0 Å². The molecule has 0 amide bonds. The first kappa shape index (κ1) is 9.41. The molecule has 0 fully saturated rings. The minimum absolute atomic E-state index is 0. The molecule has 1 unspecified atom stereocenters. The Labute approximate surface area is 53.2 Å². The molecule has 0 aliphatic heterocycles. The maximum absolute atomic E-state index is 4.98. The number of thiol groups is 1. The molecule has 5 heavy (non-hydrogen) atoms. The fourth-order valence-electron chi connectivity index (χ4n) is 0. The maximum Gasteiger partial charge on any atom is 0.0448 e. The summed E-state index contributed by atoms with van der Waals surface area (Å²) in [5.74, 6) is 0. The average Bonchev–Trinajstić information content (AvgIpc) is 0.811. The third-order valence-corrected chi connectivity index (χ3v) is 0. The zero-order chi connectivity index (χ0) is 3.58. The van der Waals surface area contributed by atoms with Gasteiger partial charge in [-0.1, -0.05) is 0 Å². The Morgan fingerprint density at radius 1 is 1.80 bits per heavy atom. The van der Waals surface area contributed by atoms with Gasteiger partial charge in [-0.3, -0.25) is 0 Å². The van der Waals surface area contributed by atoms with Crippen LogP contribution in [0.3, 0.4) is 0 Å². The summed E-state index contributed by atoms with van der Waals surface area (Å²) >= 11 is 3.74. The zero-order valence-corrected chi connectivity index (χ0v) is 5.28. The summed E-state index contributed by atoms with van der Waals surface area (Å²) in [6.45, 7) is 1.81. The van der Waals surface area contributed by atoms with Crippen molar-refractivity contribution in [3.05, 3.63) is 0 Å². The van der Waals surface area contributed by atoms with Gasteiger partial charge in [-0.15, -0.1) is 0 Å². The topological polar surface area (TPSA) is 26.0 Å². The molecule has 3 heteroatoms. The molecule has 0 spiro atoms. The Morgan fingerprint density at radius 2 is 1.80 bits per heavy atom. The molecule has 1 atom stereocenters. The molecule has 2 N–H and O–H groups in total. The molecule has 0 heterocycles. The van der Waals surface area contributed by atoms with E-state index in [1.807, 2.05) is 6.92 Å². The van der Waals surface area contributed by atoms with Crippen LogP contribution in [0.4, 0.5) is 0 Å². The molecule has 0 aliphatic carbocycles. The van der Waals surface area contributed by atoms with Crippen LogP contribution in [-0.2, 0) is 22.4 Å². The van der Waals surface area contributed by atoms with Crippen LogP contribution in [0, 0.1) is 0 Å². The Balaban J connectivity index is 0. The molecule has 0 saturated heterocycles. The van der Waals surface area contributed by atoms with Gasteiger partial charge < -0.3 is 5.73 Å². The third kappa shape index (κ3) is 42.6. The van der Waals surface area contributed by atoms with Gasteiger partial charge in [0.15, 0.2) is 0 Å². The summed E-state index contributed by atoms with van der Waals surface area (Å²) < 4.78 is 0. The molecule has 37 valence electrons. The molecular weight excluding hydrogens is 178 g/mol. The van der Waals surface area contributed by atoms with Crippen LogP contribution in [0.5, 0.6) is 0 Å². The van der Waals surface area contributed by atoms with Crippen molar-refractivity contribution in [2.45, 2.75) is 12.3 Å². The van der Waals surface area contributed by atoms with Gasteiger partial charge in [0.05, 0.1) is 0 Å². The largest absolute Gasteiger partial charge is 0.320 e. The van der Waals surface area contributed by atoms with E-state index < -0.39 is 0 Å². The minimum atomic E-state index is 0. The number of hydrogen-bond donors (Lipinski definition) is 2. The van der Waals surface area contributed by atoms with E-state index in [1.165, 1.54) is 0 Å². The third-order valence-electron chi connectivity index (χ3n) is 0. The van der Waals surface area contributed by atoms with Crippen molar-refractivity contribution in [1.29, 1.82) is 0 Å². The Kier molecular flexibility index (Phi) is 9.50. The Hall–Kier alpha value is 1.05. The second-order valence-electron chi connectivity index (χ2n) is 0.741. The molecule has 0 aliphatic rings. The summed E-state index contributed by atoms with van der Waals surface area (Å²) in [6.07, 6.45) is 0. The fraction of sp³-hybridized carbons (Fsp3) is 1.00. The van der Waals surface area contributed by atoms with Gasteiger partial charge in [-0.2, -0.15) is 12.6 Å². The second kappa shape index (κ2) is 5.05. The Bertz CT molecular complexity index is 14.4. The van der Waals surface area contributed by atoms with E-state index in [2.05, 4.69) is 12.6 Å². The molecule has 0 aromatic rings. The van der Waals surface area contributed by atoms with E-state index >= 15 is 0 Å². The molecule has 0 saturated carbocycles. The van der Waals surface area contributed by atoms with Crippen molar-refractivity contribution in [2.75, 3.05) is 0 Å². The smallest absolute Gasteiger partial charge is 0.0448 e. The van der Waals surface area contributed by atoms with Crippen LogP contribution in [0.15, 0.2) is 0 Å². The predicted molar refractivity (Wildman–Crippen MR) is 22.6 cm³/mol. The van der Waals surface area contributed by atoms with Crippen molar-refractivity contribution in [1.82, 2.24) is 0 Å². The van der Waals surface area contributed by atoms with Gasteiger partial charge in [0.25, 0.3) is 0 Å². The Morgan fingerprint density at radius 3 is 1.80 bits per heavy atom. The first-order valence-electron chi connectivity index (χ1n) is 1.17. The van der Waals surface area contributed by atoms with Crippen molar-refractivity contribution >= 4 is 12.6 Å². The van der Waals surface area contributed by atoms with E-state index in [0.717, 1.165) is 0 Å². The maximum atomic E-state index is 4.98. The fourth-order valence-corrected chi connectivity index (χ4v) is 0. The standard InChI is InChI=1S/C2H7NS.Ag/c1-2(3)4;/h2,4H,3H2,1H3;. The molecule has 0 bridgehead atoms. The van der Waals surface area contributed by atoms with Crippen LogP contribution < -0.4 is 5.73 Å². The molecule has 1 radical (unpaired) electrons. The van der Waals surface area contributed by atoms with Gasteiger partial charge in [-0.25, -0.2) is 0 Å². The first-order valence-corrected chi connectivity index (χ1v) is 1.69. The van der Waals surface area contributed by atoms with Crippen LogP contribution in [0.1, 0.15) is 6.92 Å². The van der Waals surface area contributed by atoms with Gasteiger partial charge in [0, 0.05) is 27.8 Å². The normalized spacial score (nSPS) is 12.6. The second-order valence-corrected chi connectivity index (χ2v) is 1.56. The first-order chi connectivity index (χ1) is 1.73. The summed E-state index contributed by atoms with van der Waals surface area (Å²) in [7, 11) is 0. The van der Waals surface area contributed by atoms with Gasteiger partial charge in [-0.05, 0) is 6.92 Å². The summed E-state index contributed by atoms with van der Waals surface area (Å²) in [4.78, 5) is 0.